The van der Waals surface area contributed by atoms with E-state index in [0.29, 0.717) is 6.42 Å². The zero-order valence-corrected chi connectivity index (χ0v) is 10.8. The third-order valence-corrected chi connectivity index (χ3v) is 3.48. The average Bonchev–Trinajstić information content (AvgIpc) is 2.75. The molecule has 7 heteroatoms. The number of carbonyl (C=O) groups excluding carboxylic acids is 1. The lowest BCUT2D eigenvalue weighted by Crippen LogP contribution is -2.41. The van der Waals surface area contributed by atoms with Crippen LogP contribution in [-0.4, -0.2) is 24.7 Å². The Kier molecular flexibility index (Phi) is 3.62. The number of primary amides is 1. The molecule has 1 aromatic rings. The smallest absolute Gasteiger partial charge is 0.365 e. The summed E-state index contributed by atoms with van der Waals surface area (Å²) in [5, 5.41) is 0. The van der Waals surface area contributed by atoms with E-state index < -0.39 is 23.9 Å². The molecule has 0 aliphatic carbocycles. The van der Waals surface area contributed by atoms with Crippen molar-refractivity contribution in [1.82, 2.24) is 0 Å². The van der Waals surface area contributed by atoms with Crippen LogP contribution in [0.2, 0.25) is 0 Å². The zero-order valence-electron chi connectivity index (χ0n) is 10.8. The second-order valence-corrected chi connectivity index (χ2v) is 4.88. The van der Waals surface area contributed by atoms with Crippen LogP contribution in [0.25, 0.3) is 0 Å². The Bertz CT molecular complexity index is 519. The third-order valence-electron chi connectivity index (χ3n) is 3.48. The number of alkyl halides is 3. The van der Waals surface area contributed by atoms with Crippen molar-refractivity contribution in [1.29, 1.82) is 0 Å². The van der Waals surface area contributed by atoms with Crippen LogP contribution in [0, 0.1) is 12.7 Å². The summed E-state index contributed by atoms with van der Waals surface area (Å²) in [6.07, 6.45) is -3.98. The minimum atomic E-state index is -4.36. The molecule has 20 heavy (non-hydrogen) atoms. The van der Waals surface area contributed by atoms with E-state index >= 15 is 0 Å². The molecule has 1 atom stereocenters. The van der Waals surface area contributed by atoms with Crippen LogP contribution in [0.5, 0.6) is 0 Å². The van der Waals surface area contributed by atoms with Gasteiger partial charge in [-0.15, -0.1) is 0 Å². The maximum atomic E-state index is 13.8. The molecule has 0 aromatic heterocycles. The standard InChI is InChI=1S/C13H14F4N2O/c1-7-5-8(6-9(14)11(7)12(18)20)19-4-2-3-10(19)13(15,16)17/h5-6,10H,2-4H2,1H3,(H2,18,20). The quantitative estimate of drug-likeness (QED) is 0.851. The zero-order chi connectivity index (χ0) is 15.1. The molecule has 1 unspecified atom stereocenters. The average molecular weight is 290 g/mol. The minimum absolute atomic E-state index is 0.0122. The van der Waals surface area contributed by atoms with Crippen LogP contribution >= 0.6 is 0 Å². The maximum absolute atomic E-state index is 13.8. The van der Waals surface area contributed by atoms with Gasteiger partial charge in [-0.2, -0.15) is 13.2 Å². The van der Waals surface area contributed by atoms with Gasteiger partial charge in [-0.25, -0.2) is 4.39 Å². The van der Waals surface area contributed by atoms with Gasteiger partial charge in [0, 0.05) is 12.2 Å². The molecule has 1 aliphatic heterocycles. The molecule has 1 aromatic carbocycles. The van der Waals surface area contributed by atoms with Crippen LogP contribution < -0.4 is 10.6 Å². The van der Waals surface area contributed by atoms with E-state index in [1.807, 2.05) is 0 Å². The van der Waals surface area contributed by atoms with Crippen LogP contribution in [-0.2, 0) is 0 Å². The molecule has 1 fully saturated rings. The summed E-state index contributed by atoms with van der Waals surface area (Å²) in [5.41, 5.74) is 5.13. The first kappa shape index (κ1) is 14.6. The summed E-state index contributed by atoms with van der Waals surface area (Å²) in [6.45, 7) is 1.66. The number of aryl methyl sites for hydroxylation is 1. The van der Waals surface area contributed by atoms with Gasteiger partial charge in [0.05, 0.1) is 5.56 Å². The van der Waals surface area contributed by atoms with Gasteiger partial charge in [0.2, 0.25) is 0 Å². The molecule has 2 rings (SSSR count). The number of nitrogens with two attached hydrogens (primary N) is 1. The molecule has 0 bridgehead atoms. The SMILES string of the molecule is Cc1cc(N2CCCC2C(F)(F)F)cc(F)c1C(N)=O. The highest BCUT2D eigenvalue weighted by molar-refractivity contribution is 5.95. The monoisotopic (exact) mass is 290 g/mol. The van der Waals surface area contributed by atoms with E-state index in [0.717, 1.165) is 11.0 Å². The lowest BCUT2D eigenvalue weighted by molar-refractivity contribution is -0.145. The van der Waals surface area contributed by atoms with Crippen molar-refractivity contribution in [2.75, 3.05) is 11.4 Å². The Morgan fingerprint density at radius 1 is 1.40 bits per heavy atom. The molecule has 0 radical (unpaired) electrons. The number of anilines is 1. The van der Waals surface area contributed by atoms with Gasteiger partial charge in [-0.05, 0) is 37.5 Å². The third kappa shape index (κ3) is 2.57. The fourth-order valence-corrected chi connectivity index (χ4v) is 2.62. The summed E-state index contributed by atoms with van der Waals surface area (Å²) >= 11 is 0. The second-order valence-electron chi connectivity index (χ2n) is 4.88. The minimum Gasteiger partial charge on any atom is -0.365 e. The van der Waals surface area contributed by atoms with Crippen molar-refractivity contribution < 1.29 is 22.4 Å². The normalized spacial score (nSPS) is 19.4. The lowest BCUT2D eigenvalue weighted by Gasteiger charge is -2.29. The van der Waals surface area contributed by atoms with Gasteiger partial charge in [-0.3, -0.25) is 4.79 Å². The molecule has 1 amide bonds. The van der Waals surface area contributed by atoms with E-state index in [1.165, 1.54) is 13.0 Å². The Balaban J connectivity index is 2.41. The Labute approximate surface area is 113 Å². The van der Waals surface area contributed by atoms with Crippen molar-refractivity contribution in [2.45, 2.75) is 32.0 Å². The van der Waals surface area contributed by atoms with E-state index in [4.69, 9.17) is 5.73 Å². The Morgan fingerprint density at radius 2 is 2.05 bits per heavy atom. The number of carbonyl (C=O) groups is 1. The summed E-state index contributed by atoms with van der Waals surface area (Å²) < 4.78 is 52.5. The molecule has 1 aliphatic rings. The molecular formula is C13H14F4N2O. The fourth-order valence-electron chi connectivity index (χ4n) is 2.62. The van der Waals surface area contributed by atoms with Gasteiger partial charge < -0.3 is 10.6 Å². The van der Waals surface area contributed by atoms with Crippen LogP contribution in [0.4, 0.5) is 23.2 Å². The molecule has 110 valence electrons. The Hall–Kier alpha value is -1.79. The topological polar surface area (TPSA) is 46.3 Å². The van der Waals surface area contributed by atoms with Gasteiger partial charge >= 0.3 is 6.18 Å². The molecule has 1 saturated heterocycles. The number of nitrogens with zero attached hydrogens (tertiary/aromatic N) is 1. The predicted molar refractivity (Wildman–Crippen MR) is 66.1 cm³/mol. The number of benzene rings is 1. The van der Waals surface area contributed by atoms with E-state index in [9.17, 15) is 22.4 Å². The number of halogens is 4. The first-order chi connectivity index (χ1) is 9.21. The first-order valence-corrected chi connectivity index (χ1v) is 6.15. The molecular weight excluding hydrogens is 276 g/mol. The second kappa shape index (κ2) is 4.96. The van der Waals surface area contributed by atoms with Crippen molar-refractivity contribution in [3.05, 3.63) is 29.1 Å². The molecule has 1 heterocycles. The lowest BCUT2D eigenvalue weighted by atomic mass is 10.1. The fraction of sp³-hybridized carbons (Fsp3) is 0.462. The largest absolute Gasteiger partial charge is 0.408 e. The van der Waals surface area contributed by atoms with E-state index in [2.05, 4.69) is 0 Å². The van der Waals surface area contributed by atoms with Gasteiger partial charge in [0.1, 0.15) is 11.9 Å². The highest BCUT2D eigenvalue weighted by Gasteiger charge is 2.46. The molecule has 0 saturated carbocycles. The highest BCUT2D eigenvalue weighted by Crippen LogP contribution is 2.36. The van der Waals surface area contributed by atoms with Crippen LogP contribution in [0.1, 0.15) is 28.8 Å². The number of hydrogen-bond acceptors (Lipinski definition) is 2. The van der Waals surface area contributed by atoms with Crippen molar-refractivity contribution >= 4 is 11.6 Å². The maximum Gasteiger partial charge on any atom is 0.408 e. The molecule has 3 nitrogen and oxygen atoms in total. The van der Waals surface area contributed by atoms with Crippen molar-refractivity contribution in [3.8, 4) is 0 Å². The van der Waals surface area contributed by atoms with Crippen molar-refractivity contribution in [3.63, 3.8) is 0 Å². The van der Waals surface area contributed by atoms with Crippen LogP contribution in [0.3, 0.4) is 0 Å². The van der Waals surface area contributed by atoms with Gasteiger partial charge in [0.15, 0.2) is 0 Å². The first-order valence-electron chi connectivity index (χ1n) is 6.15. The molecule has 0 spiro atoms. The number of rotatable bonds is 2. The van der Waals surface area contributed by atoms with E-state index in [-0.39, 0.29) is 29.8 Å². The molecule has 2 N–H and O–H groups in total. The van der Waals surface area contributed by atoms with Crippen molar-refractivity contribution in [2.24, 2.45) is 5.73 Å². The van der Waals surface area contributed by atoms with E-state index in [1.54, 1.807) is 0 Å². The summed E-state index contributed by atoms with van der Waals surface area (Å²) in [4.78, 5) is 12.2. The Morgan fingerprint density at radius 3 is 2.55 bits per heavy atom. The van der Waals surface area contributed by atoms with Gasteiger partial charge in [-0.1, -0.05) is 0 Å². The summed E-state index contributed by atoms with van der Waals surface area (Å²) in [5.74, 6) is -1.82. The van der Waals surface area contributed by atoms with Gasteiger partial charge in [0.25, 0.3) is 5.91 Å². The highest BCUT2D eigenvalue weighted by atomic mass is 19.4. The number of hydrogen-bond donors (Lipinski definition) is 1. The van der Waals surface area contributed by atoms with Crippen LogP contribution in [0.15, 0.2) is 12.1 Å². The number of amides is 1. The predicted octanol–water partition coefficient (Wildman–Crippen LogP) is 2.76. The summed E-state index contributed by atoms with van der Waals surface area (Å²) in [6, 6.07) is 0.699. The summed E-state index contributed by atoms with van der Waals surface area (Å²) in [7, 11) is 0.